The quantitative estimate of drug-likeness (QED) is 0.411. The van der Waals surface area contributed by atoms with E-state index in [4.69, 9.17) is 4.42 Å². The van der Waals surface area contributed by atoms with Crippen LogP contribution in [-0.2, 0) is 6.54 Å². The molecule has 3 saturated heterocycles. The molecule has 1 aromatic rings. The van der Waals surface area contributed by atoms with Crippen LogP contribution in [-0.4, -0.2) is 73.1 Å². The molecule has 0 aliphatic carbocycles. The number of guanidine groups is 1. The van der Waals surface area contributed by atoms with E-state index in [0.717, 1.165) is 30.5 Å². The van der Waals surface area contributed by atoms with Crippen LogP contribution in [0.15, 0.2) is 9.41 Å². The molecule has 0 radical (unpaired) electrons. The van der Waals surface area contributed by atoms with Crippen molar-refractivity contribution in [2.24, 2.45) is 4.99 Å². The Balaban J connectivity index is 0.00000192. The minimum atomic E-state index is 0. The lowest BCUT2D eigenvalue weighted by Gasteiger charge is -2.47. The van der Waals surface area contributed by atoms with Gasteiger partial charge in [-0.1, -0.05) is 0 Å². The maximum atomic E-state index is 5.57. The molecule has 1 aromatic heterocycles. The Hall–Kier alpha value is -0.870. The zero-order valence-corrected chi connectivity index (χ0v) is 16.5. The van der Waals surface area contributed by atoms with Gasteiger partial charge in [0.25, 0.3) is 0 Å². The van der Waals surface area contributed by atoms with Crippen molar-refractivity contribution in [2.75, 3.05) is 46.3 Å². The van der Waals surface area contributed by atoms with E-state index in [0.29, 0.717) is 18.5 Å². The van der Waals surface area contributed by atoms with Crippen molar-refractivity contribution in [1.29, 1.82) is 0 Å². The molecule has 0 spiro atoms. The number of hydrogen-bond donors (Lipinski definition) is 2. The summed E-state index contributed by atoms with van der Waals surface area (Å²) in [6.07, 6.45) is 0. The first-order valence-electron chi connectivity index (χ1n) is 7.99. The maximum absolute atomic E-state index is 5.57. The van der Waals surface area contributed by atoms with Crippen molar-refractivity contribution in [2.45, 2.75) is 26.4 Å². The minimum absolute atomic E-state index is 0. The summed E-state index contributed by atoms with van der Waals surface area (Å²) in [7, 11) is 1.79. The molecule has 3 aliphatic rings. The number of fused-ring (bicyclic) bond motifs is 3. The van der Waals surface area contributed by atoms with Crippen molar-refractivity contribution < 1.29 is 4.42 Å². The molecule has 1 atom stereocenters. The van der Waals surface area contributed by atoms with Crippen LogP contribution >= 0.6 is 24.0 Å². The first-order chi connectivity index (χ1) is 10.7. The van der Waals surface area contributed by atoms with Gasteiger partial charge < -0.3 is 15.1 Å². The van der Waals surface area contributed by atoms with E-state index in [2.05, 4.69) is 30.4 Å². The molecule has 3 aliphatic heterocycles. The smallest absolute Gasteiger partial charge is 0.214 e. The van der Waals surface area contributed by atoms with E-state index in [1.54, 1.807) is 7.05 Å². The molecular weight excluding hydrogens is 407 g/mol. The van der Waals surface area contributed by atoms with Crippen LogP contribution in [0.2, 0.25) is 0 Å². The molecule has 2 bridgehead atoms. The molecule has 4 heterocycles. The second kappa shape index (κ2) is 8.29. The summed E-state index contributed by atoms with van der Waals surface area (Å²) in [4.78, 5) is 13.8. The fraction of sp³-hybridized carbons (Fsp3) is 0.733. The van der Waals surface area contributed by atoms with Crippen LogP contribution in [0.25, 0.3) is 0 Å². The Labute approximate surface area is 154 Å². The number of halogens is 1. The third kappa shape index (κ3) is 4.57. The molecule has 8 heteroatoms. The lowest BCUT2D eigenvalue weighted by Crippen LogP contribution is -2.63. The Morgan fingerprint density at radius 2 is 2.00 bits per heavy atom. The maximum Gasteiger partial charge on any atom is 0.214 e. The predicted molar refractivity (Wildman–Crippen MR) is 101 cm³/mol. The number of aliphatic imine (C=N–C) groups is 1. The zero-order valence-electron chi connectivity index (χ0n) is 14.1. The molecule has 1 unspecified atom stereocenters. The van der Waals surface area contributed by atoms with Gasteiger partial charge in [0.05, 0.1) is 12.2 Å². The lowest BCUT2D eigenvalue weighted by atomic mass is 10.1. The van der Waals surface area contributed by atoms with E-state index in [9.17, 15) is 0 Å². The highest BCUT2D eigenvalue weighted by Crippen LogP contribution is 2.14. The van der Waals surface area contributed by atoms with E-state index < -0.39 is 0 Å². The highest BCUT2D eigenvalue weighted by Gasteiger charge is 2.31. The van der Waals surface area contributed by atoms with Crippen LogP contribution in [0.4, 0.5) is 0 Å². The molecule has 130 valence electrons. The van der Waals surface area contributed by atoms with E-state index >= 15 is 0 Å². The fourth-order valence-corrected chi connectivity index (χ4v) is 3.13. The average Bonchev–Trinajstić information content (AvgIpc) is 2.87. The van der Waals surface area contributed by atoms with Gasteiger partial charge in [-0.25, -0.2) is 4.98 Å². The molecule has 2 N–H and O–H groups in total. The number of rotatable bonds is 4. The van der Waals surface area contributed by atoms with Crippen molar-refractivity contribution in [1.82, 2.24) is 25.4 Å². The summed E-state index contributed by atoms with van der Waals surface area (Å²) in [5.41, 5.74) is 0.944. The third-order valence-corrected chi connectivity index (χ3v) is 4.60. The fourth-order valence-electron chi connectivity index (χ4n) is 3.13. The van der Waals surface area contributed by atoms with Gasteiger partial charge in [0, 0.05) is 52.4 Å². The summed E-state index contributed by atoms with van der Waals surface area (Å²) < 4.78 is 5.57. The Kier molecular flexibility index (Phi) is 6.66. The van der Waals surface area contributed by atoms with E-state index in [1.165, 1.54) is 26.2 Å². The van der Waals surface area contributed by atoms with Gasteiger partial charge in [0.15, 0.2) is 5.96 Å². The van der Waals surface area contributed by atoms with Crippen LogP contribution in [0.1, 0.15) is 17.3 Å². The monoisotopic (exact) mass is 434 g/mol. The molecular formula is C15H27IN6O. The predicted octanol–water partition coefficient (Wildman–Crippen LogP) is 0.574. The molecule has 4 rings (SSSR count). The first-order valence-corrected chi connectivity index (χ1v) is 7.99. The van der Waals surface area contributed by atoms with Gasteiger partial charge in [-0.05, 0) is 13.8 Å². The molecule has 0 amide bonds. The summed E-state index contributed by atoms with van der Waals surface area (Å²) >= 11 is 0. The van der Waals surface area contributed by atoms with Crippen molar-refractivity contribution >= 4 is 29.9 Å². The summed E-state index contributed by atoms with van der Waals surface area (Å²) in [6, 6.07) is 0.576. The number of oxazole rings is 1. The number of piperazine rings is 3. The van der Waals surface area contributed by atoms with E-state index in [-0.39, 0.29) is 24.0 Å². The van der Waals surface area contributed by atoms with Crippen molar-refractivity contribution in [3.8, 4) is 0 Å². The van der Waals surface area contributed by atoms with Crippen LogP contribution in [0.5, 0.6) is 0 Å². The third-order valence-electron chi connectivity index (χ3n) is 4.60. The van der Waals surface area contributed by atoms with Crippen LogP contribution < -0.4 is 10.6 Å². The topological polar surface area (TPSA) is 68.9 Å². The normalized spacial score (nSPS) is 26.7. The van der Waals surface area contributed by atoms with Gasteiger partial charge in [-0.3, -0.25) is 14.8 Å². The number of nitrogens with zero attached hydrogens (tertiary/aromatic N) is 4. The molecule has 23 heavy (non-hydrogen) atoms. The summed E-state index contributed by atoms with van der Waals surface area (Å²) in [5.74, 6) is 2.37. The van der Waals surface area contributed by atoms with Gasteiger partial charge in [0.1, 0.15) is 5.76 Å². The van der Waals surface area contributed by atoms with Crippen molar-refractivity contribution in [3.05, 3.63) is 17.3 Å². The number of hydrogen-bond acceptors (Lipinski definition) is 5. The van der Waals surface area contributed by atoms with Crippen LogP contribution in [0, 0.1) is 13.8 Å². The Morgan fingerprint density at radius 3 is 2.52 bits per heavy atom. The van der Waals surface area contributed by atoms with Gasteiger partial charge >= 0.3 is 0 Å². The number of nitrogens with one attached hydrogen (secondary N) is 2. The van der Waals surface area contributed by atoms with Gasteiger partial charge in [0.2, 0.25) is 5.89 Å². The van der Waals surface area contributed by atoms with E-state index in [1.807, 2.05) is 13.8 Å². The first kappa shape index (κ1) is 18.5. The molecule has 7 nitrogen and oxygen atoms in total. The standard InChI is InChI=1S/C15H26N6O.HI/c1-11-12(2)22-14(19-11)9-18-15(16-3)17-8-13-10-20-4-6-21(13)7-5-20;/h13H,4-10H2,1-3H3,(H2,16,17,18);1H. The highest BCUT2D eigenvalue weighted by atomic mass is 127. The Bertz CT molecular complexity index is 519. The second-order valence-electron chi connectivity index (χ2n) is 6.05. The second-order valence-corrected chi connectivity index (χ2v) is 6.05. The SMILES string of the molecule is CN=C(NCc1nc(C)c(C)o1)NCC1CN2CCN1CC2.I. The van der Waals surface area contributed by atoms with Crippen LogP contribution in [0.3, 0.4) is 0 Å². The van der Waals surface area contributed by atoms with Gasteiger partial charge in [-0.2, -0.15) is 0 Å². The summed E-state index contributed by atoms with van der Waals surface area (Å²) in [6.45, 7) is 11.3. The largest absolute Gasteiger partial charge is 0.444 e. The molecule has 0 aromatic carbocycles. The lowest BCUT2D eigenvalue weighted by molar-refractivity contribution is 0.0154. The highest BCUT2D eigenvalue weighted by molar-refractivity contribution is 14.0. The zero-order chi connectivity index (χ0) is 15.5. The number of aryl methyl sites for hydroxylation is 2. The molecule has 0 saturated carbocycles. The average molecular weight is 434 g/mol. The Morgan fingerprint density at radius 1 is 1.26 bits per heavy atom. The molecule has 3 fully saturated rings. The summed E-state index contributed by atoms with van der Waals surface area (Å²) in [5, 5.41) is 6.68. The number of aromatic nitrogens is 1. The van der Waals surface area contributed by atoms with Gasteiger partial charge in [-0.15, -0.1) is 24.0 Å². The van der Waals surface area contributed by atoms with Crippen molar-refractivity contribution in [3.63, 3.8) is 0 Å². The minimum Gasteiger partial charge on any atom is -0.444 e.